The predicted molar refractivity (Wildman–Crippen MR) is 123 cm³/mol. The zero-order valence-electron chi connectivity index (χ0n) is 18.5. The van der Waals surface area contributed by atoms with Gasteiger partial charge in [0.05, 0.1) is 11.1 Å². The molecule has 0 bridgehead atoms. The summed E-state index contributed by atoms with van der Waals surface area (Å²) in [6, 6.07) is 0. The zero-order chi connectivity index (χ0) is 27.9. The summed E-state index contributed by atoms with van der Waals surface area (Å²) in [5, 5.41) is 6.84. The molecule has 8 N–H and O–H groups in total. The number of halogens is 2. The second-order valence-corrected chi connectivity index (χ2v) is 11.8. The van der Waals surface area contributed by atoms with E-state index in [4.69, 9.17) is 20.3 Å². The number of H-pyrrole nitrogens is 1. The third kappa shape index (κ3) is 7.09. The Balaban J connectivity index is 2.41. The number of alkyl halides is 2. The highest BCUT2D eigenvalue weighted by atomic mass is 31.3. The largest absolute Gasteiger partial charge is 0.490 e. The van der Waals surface area contributed by atoms with Crippen LogP contribution in [0.1, 0.15) is 6.23 Å². The number of aliphatic hydroxyl groups is 1. The number of phosphoric ester groups is 1. The van der Waals surface area contributed by atoms with E-state index in [0.717, 1.165) is 4.57 Å². The average molecular weight is 581 g/mol. The lowest BCUT2D eigenvalue weighted by atomic mass is 9.61. The first kappa shape index (κ1) is 30.8. The van der Waals surface area contributed by atoms with Gasteiger partial charge in [-0.3, -0.25) is 18.9 Å². The fraction of sp³-hybridized carbons (Fsp3) is 0.500. The first-order valence-electron chi connectivity index (χ1n) is 9.28. The Hall–Kier alpha value is -1.47. The van der Waals surface area contributed by atoms with Crippen LogP contribution in [0, 0.1) is 0 Å². The highest BCUT2D eigenvalue weighted by Crippen LogP contribution is 2.67. The lowest BCUT2D eigenvalue weighted by Crippen LogP contribution is -2.59. The molecule has 0 aliphatic carbocycles. The highest BCUT2D eigenvalue weighted by molar-refractivity contribution is 7.66. The van der Waals surface area contributed by atoms with Crippen LogP contribution in [-0.4, -0.2) is 92.3 Å². The van der Waals surface area contributed by atoms with Crippen molar-refractivity contribution in [3.63, 3.8) is 0 Å². The van der Waals surface area contributed by atoms with Crippen LogP contribution in [0.25, 0.3) is 11.2 Å². The number of hydrogen-bond acceptors (Lipinski definition) is 12. The van der Waals surface area contributed by atoms with E-state index in [2.05, 4.69) is 28.1 Å². The molecule has 2 aromatic rings. The van der Waals surface area contributed by atoms with Crippen LogP contribution in [-0.2, 0) is 31.6 Å². The van der Waals surface area contributed by atoms with Gasteiger partial charge < -0.3 is 35.2 Å². The molecule has 0 saturated heterocycles. The number of hydrogen-bond donors (Lipinski definition) is 7. The first-order chi connectivity index (χ1) is 16.2. The summed E-state index contributed by atoms with van der Waals surface area (Å²) in [6.45, 7) is -3.22. The molecular formula is C10H19B3F2N5O13P3. The van der Waals surface area contributed by atoms with E-state index in [-0.39, 0.29) is 16.9 Å². The molecule has 2 heterocycles. The minimum atomic E-state index is -5.95. The van der Waals surface area contributed by atoms with Crippen LogP contribution in [0.15, 0.2) is 4.79 Å². The van der Waals surface area contributed by atoms with Crippen molar-refractivity contribution in [1.29, 1.82) is 0 Å². The number of nitrogens with two attached hydrogens (primary N) is 1. The molecule has 36 heavy (non-hydrogen) atoms. The van der Waals surface area contributed by atoms with Gasteiger partial charge in [0.25, 0.3) is 5.56 Å². The molecule has 2 aromatic heterocycles. The molecule has 4 atom stereocenters. The van der Waals surface area contributed by atoms with Gasteiger partial charge in [0.1, 0.15) is 29.0 Å². The average Bonchev–Trinajstić information content (AvgIpc) is 2.98. The summed E-state index contributed by atoms with van der Waals surface area (Å²) in [7, 11) is -14.9. The molecule has 0 saturated carbocycles. The summed E-state index contributed by atoms with van der Waals surface area (Å²) in [5.41, 5.74) is 3.86. The van der Waals surface area contributed by atoms with Gasteiger partial charge in [-0.1, -0.05) is 0 Å². The Morgan fingerprint density at radius 3 is 2.22 bits per heavy atom. The highest BCUT2D eigenvalue weighted by Gasteiger charge is 2.54. The molecule has 0 amide bonds. The number of fused-ring (bicyclic) bond motifs is 1. The maximum absolute atomic E-state index is 15.8. The molecule has 26 heteroatoms. The number of nitrogens with zero attached hydrogens (tertiary/aromatic N) is 3. The van der Waals surface area contributed by atoms with Crippen molar-refractivity contribution in [2.24, 2.45) is 0 Å². The maximum Gasteiger partial charge on any atom is 0.490 e. The molecule has 0 aromatic carbocycles. The van der Waals surface area contributed by atoms with Crippen molar-refractivity contribution in [2.75, 3.05) is 19.0 Å². The van der Waals surface area contributed by atoms with E-state index >= 15 is 4.39 Å². The molecule has 0 fully saturated rings. The monoisotopic (exact) mass is 581 g/mol. The van der Waals surface area contributed by atoms with Gasteiger partial charge in [-0.25, -0.2) is 27.5 Å². The van der Waals surface area contributed by atoms with Gasteiger partial charge in [-0.2, -0.15) is 13.6 Å². The van der Waals surface area contributed by atoms with E-state index in [1.54, 1.807) is 0 Å². The van der Waals surface area contributed by atoms with Crippen LogP contribution >= 0.6 is 23.5 Å². The molecule has 0 spiro atoms. The fourth-order valence-electron chi connectivity index (χ4n) is 2.85. The third-order valence-electron chi connectivity index (χ3n) is 4.35. The number of nitrogen functional groups attached to an aromatic ring is 1. The van der Waals surface area contributed by atoms with E-state index in [0.29, 0.717) is 15.7 Å². The van der Waals surface area contributed by atoms with Crippen LogP contribution in [0.5, 0.6) is 0 Å². The number of imidazole rings is 1. The Morgan fingerprint density at radius 1 is 1.14 bits per heavy atom. The topological polar surface area (TPSA) is 279 Å². The third-order valence-corrected chi connectivity index (χ3v) is 8.36. The lowest BCUT2D eigenvalue weighted by Gasteiger charge is -2.41. The number of aliphatic hydroxyl groups excluding tert-OH is 1. The molecule has 0 aliphatic heterocycles. The van der Waals surface area contributed by atoms with Crippen LogP contribution in [0.3, 0.4) is 0 Å². The van der Waals surface area contributed by atoms with E-state index < -0.39 is 65.7 Å². The second kappa shape index (κ2) is 10.4. The molecule has 200 valence electrons. The number of anilines is 1. The fourth-order valence-corrected chi connectivity index (χ4v) is 6.20. The Labute approximate surface area is 201 Å². The zero-order valence-corrected chi connectivity index (χ0v) is 21.2. The molecule has 0 radical (unpaired) electrons. The molecule has 3 unspecified atom stereocenters. The van der Waals surface area contributed by atoms with Crippen molar-refractivity contribution in [3.05, 3.63) is 10.4 Å². The number of nitrogens with one attached hydrogen (secondary N) is 1. The number of aromatic amines is 1. The van der Waals surface area contributed by atoms with Crippen LogP contribution in [0.2, 0.25) is 0 Å². The minimum absolute atomic E-state index is 0.123. The molecule has 2 rings (SSSR count). The summed E-state index contributed by atoms with van der Waals surface area (Å²) in [4.78, 5) is 58.0. The molecular weight excluding hydrogens is 561 g/mol. The predicted octanol–water partition coefficient (Wildman–Crippen LogP) is -4.63. The van der Waals surface area contributed by atoms with Gasteiger partial charge in [0, 0.05) is 0 Å². The number of rotatable bonds is 12. The standard InChI is InChI=1S/C10H19B3F2N5O13P3/c11-7-17-4-5(18-8(16)19-6(4)22)20(7)3(1-14)30-9(15,2-21)10(12,13)31-35(26,27)33-36(28,29)32-34(23,24)25/h3,21H,1-2,11-13H2,(H,26,27)(H,28,29)(H2,23,24,25)(H3,16,18,19,22)/t3?,9-/m0/s1. The van der Waals surface area contributed by atoms with Gasteiger partial charge >= 0.3 is 23.5 Å². The van der Waals surface area contributed by atoms with E-state index in [1.807, 2.05) is 0 Å². The molecule has 0 aliphatic rings. The van der Waals surface area contributed by atoms with Crippen molar-refractivity contribution in [3.8, 4) is 0 Å². The van der Waals surface area contributed by atoms with Crippen molar-refractivity contribution in [2.45, 2.75) is 17.5 Å². The van der Waals surface area contributed by atoms with Crippen LogP contribution in [0.4, 0.5) is 14.7 Å². The Bertz CT molecular complexity index is 1340. The van der Waals surface area contributed by atoms with Crippen molar-refractivity contribution < 1.29 is 65.0 Å². The van der Waals surface area contributed by atoms with Gasteiger partial charge in [-0.05, 0) is 0 Å². The van der Waals surface area contributed by atoms with Gasteiger partial charge in [-0.15, -0.1) is 0 Å². The molecule has 18 nitrogen and oxygen atoms in total. The number of phosphoric acid groups is 3. The first-order valence-corrected chi connectivity index (χ1v) is 13.8. The summed E-state index contributed by atoms with van der Waals surface area (Å²) < 4.78 is 81.6. The Kier molecular flexibility index (Phi) is 8.85. The normalized spacial score (nSPS) is 18.9. The smallest absolute Gasteiger partial charge is 0.390 e. The quantitative estimate of drug-likeness (QED) is 0.0917. The lowest BCUT2D eigenvalue weighted by molar-refractivity contribution is -0.256. The number of aromatic nitrogens is 4. The minimum Gasteiger partial charge on any atom is -0.390 e. The van der Waals surface area contributed by atoms with Crippen molar-refractivity contribution >= 4 is 69.8 Å². The summed E-state index contributed by atoms with van der Waals surface area (Å²) in [5.74, 6) is -4.00. The van der Waals surface area contributed by atoms with E-state index in [9.17, 15) is 37.8 Å². The van der Waals surface area contributed by atoms with Crippen LogP contribution < -0.4 is 17.0 Å². The van der Waals surface area contributed by atoms with Crippen molar-refractivity contribution in [1.82, 2.24) is 19.5 Å². The Morgan fingerprint density at radius 2 is 1.72 bits per heavy atom. The van der Waals surface area contributed by atoms with E-state index in [1.165, 1.54) is 7.85 Å². The van der Waals surface area contributed by atoms with Gasteiger partial charge in [0.15, 0.2) is 25.2 Å². The number of ether oxygens (including phenoxy) is 1. The second-order valence-electron chi connectivity index (χ2n) is 7.46. The SMILES string of the molecule is Bc1nc2c(=O)[nH]c(N)nc2n1C(CF)O[C@@](F)(CO)C(B)(B)OP(=O)(O)OP(=O)(O)OP(=O)(O)O. The van der Waals surface area contributed by atoms with Gasteiger partial charge in [0.2, 0.25) is 11.8 Å². The maximum atomic E-state index is 15.8. The summed E-state index contributed by atoms with van der Waals surface area (Å²) in [6.07, 6.45) is -2.04. The summed E-state index contributed by atoms with van der Waals surface area (Å²) >= 11 is 0.